The Labute approximate surface area is 119 Å². The highest BCUT2D eigenvalue weighted by Crippen LogP contribution is 2.15. The molecular formula is C14H11N3O4. The first-order chi connectivity index (χ1) is 10.1. The quantitative estimate of drug-likeness (QED) is 0.392. The number of carbonyl (C=O) groups is 2. The van der Waals surface area contributed by atoms with Gasteiger partial charge in [-0.25, -0.2) is 0 Å². The summed E-state index contributed by atoms with van der Waals surface area (Å²) in [7, 11) is 0. The molecule has 0 spiro atoms. The zero-order chi connectivity index (χ0) is 15.2. The van der Waals surface area contributed by atoms with Gasteiger partial charge in [0, 0.05) is 35.8 Å². The Kier molecular flexibility index (Phi) is 4.35. The summed E-state index contributed by atoms with van der Waals surface area (Å²) in [5.74, 6) is -0.803. The van der Waals surface area contributed by atoms with Crippen molar-refractivity contribution in [2.45, 2.75) is 6.42 Å². The van der Waals surface area contributed by atoms with E-state index in [2.05, 4.69) is 10.3 Å². The SMILES string of the molecule is O=C(CC(=O)c1ccncc1)Nc1ccc([N+](=O)[O-])cc1. The molecule has 0 aliphatic rings. The smallest absolute Gasteiger partial charge is 0.269 e. The van der Waals surface area contributed by atoms with Crippen LogP contribution in [0.5, 0.6) is 0 Å². The van der Waals surface area contributed by atoms with Gasteiger partial charge in [0.2, 0.25) is 5.91 Å². The van der Waals surface area contributed by atoms with E-state index in [9.17, 15) is 19.7 Å². The number of aromatic nitrogens is 1. The summed E-state index contributed by atoms with van der Waals surface area (Å²) in [5.41, 5.74) is 0.734. The molecule has 7 nitrogen and oxygen atoms in total. The average molecular weight is 285 g/mol. The van der Waals surface area contributed by atoms with E-state index < -0.39 is 10.8 Å². The zero-order valence-corrected chi connectivity index (χ0v) is 10.9. The monoisotopic (exact) mass is 285 g/mol. The molecule has 0 aliphatic heterocycles. The van der Waals surface area contributed by atoms with E-state index in [1.54, 1.807) is 0 Å². The molecule has 0 saturated carbocycles. The van der Waals surface area contributed by atoms with Crippen LogP contribution in [-0.4, -0.2) is 21.6 Å². The molecule has 7 heteroatoms. The van der Waals surface area contributed by atoms with E-state index in [-0.39, 0.29) is 17.9 Å². The van der Waals surface area contributed by atoms with E-state index in [0.29, 0.717) is 11.3 Å². The summed E-state index contributed by atoms with van der Waals surface area (Å²) in [6, 6.07) is 8.43. The van der Waals surface area contributed by atoms with Crippen molar-refractivity contribution in [3.05, 3.63) is 64.5 Å². The molecule has 0 bridgehead atoms. The lowest BCUT2D eigenvalue weighted by Crippen LogP contribution is -2.16. The summed E-state index contributed by atoms with van der Waals surface area (Å²) >= 11 is 0. The standard InChI is InChI=1S/C14H11N3O4/c18-13(10-5-7-15-8-6-10)9-14(19)16-11-1-3-12(4-2-11)17(20)21/h1-8H,9H2,(H,16,19). The molecule has 2 rings (SSSR count). The number of hydrogen-bond acceptors (Lipinski definition) is 5. The lowest BCUT2D eigenvalue weighted by atomic mass is 10.1. The van der Waals surface area contributed by atoms with Crippen LogP contribution in [0.4, 0.5) is 11.4 Å². The summed E-state index contributed by atoms with van der Waals surface area (Å²) < 4.78 is 0. The second-order valence-electron chi connectivity index (χ2n) is 4.19. The third-order valence-corrected chi connectivity index (χ3v) is 2.69. The number of anilines is 1. The molecular weight excluding hydrogens is 274 g/mol. The molecule has 1 heterocycles. The van der Waals surface area contributed by atoms with Crippen LogP contribution >= 0.6 is 0 Å². The highest BCUT2D eigenvalue weighted by molar-refractivity contribution is 6.10. The Morgan fingerprint density at radius 1 is 1.10 bits per heavy atom. The molecule has 0 radical (unpaired) electrons. The van der Waals surface area contributed by atoms with E-state index in [1.165, 1.54) is 48.8 Å². The summed E-state index contributed by atoms with van der Waals surface area (Å²) in [6.45, 7) is 0. The number of nitro benzene ring substituents is 1. The molecule has 1 amide bonds. The summed E-state index contributed by atoms with van der Waals surface area (Å²) in [5, 5.41) is 13.0. The topological polar surface area (TPSA) is 102 Å². The Morgan fingerprint density at radius 3 is 2.29 bits per heavy atom. The Morgan fingerprint density at radius 2 is 1.71 bits per heavy atom. The number of non-ortho nitro benzene ring substituents is 1. The Balaban J connectivity index is 1.95. The van der Waals surface area contributed by atoms with Crippen LogP contribution in [0.15, 0.2) is 48.8 Å². The van der Waals surface area contributed by atoms with E-state index >= 15 is 0 Å². The van der Waals surface area contributed by atoms with Crippen LogP contribution in [0.2, 0.25) is 0 Å². The first-order valence-corrected chi connectivity index (χ1v) is 6.04. The summed E-state index contributed by atoms with van der Waals surface area (Å²) in [6.07, 6.45) is 2.64. The van der Waals surface area contributed by atoms with Gasteiger partial charge in [0.15, 0.2) is 5.78 Å². The molecule has 1 aromatic heterocycles. The van der Waals surface area contributed by atoms with Crippen LogP contribution < -0.4 is 5.32 Å². The van der Waals surface area contributed by atoms with Crippen molar-refractivity contribution in [1.29, 1.82) is 0 Å². The van der Waals surface area contributed by atoms with Gasteiger partial charge in [-0.3, -0.25) is 24.7 Å². The van der Waals surface area contributed by atoms with Gasteiger partial charge >= 0.3 is 0 Å². The molecule has 0 atom stereocenters. The van der Waals surface area contributed by atoms with Crippen LogP contribution in [0.3, 0.4) is 0 Å². The zero-order valence-electron chi connectivity index (χ0n) is 10.9. The lowest BCUT2D eigenvalue weighted by Gasteiger charge is -2.04. The second-order valence-corrected chi connectivity index (χ2v) is 4.19. The number of hydrogen-bond donors (Lipinski definition) is 1. The van der Waals surface area contributed by atoms with Gasteiger partial charge in [0.05, 0.1) is 11.3 Å². The first kappa shape index (κ1) is 14.3. The van der Waals surface area contributed by atoms with Crippen molar-refractivity contribution in [2.24, 2.45) is 0 Å². The predicted molar refractivity (Wildman–Crippen MR) is 74.9 cm³/mol. The Bertz CT molecular complexity index is 668. The van der Waals surface area contributed by atoms with Gasteiger partial charge in [-0.1, -0.05) is 0 Å². The fraction of sp³-hybridized carbons (Fsp3) is 0.0714. The fourth-order valence-electron chi connectivity index (χ4n) is 1.66. The third-order valence-electron chi connectivity index (χ3n) is 2.69. The number of Topliss-reactive ketones (excluding diaryl/α,β-unsaturated/α-hetero) is 1. The van der Waals surface area contributed by atoms with Crippen molar-refractivity contribution in [3.63, 3.8) is 0 Å². The fourth-order valence-corrected chi connectivity index (χ4v) is 1.66. The lowest BCUT2D eigenvalue weighted by molar-refractivity contribution is -0.384. The van der Waals surface area contributed by atoms with Crippen molar-refractivity contribution in [2.75, 3.05) is 5.32 Å². The highest BCUT2D eigenvalue weighted by atomic mass is 16.6. The van der Waals surface area contributed by atoms with Crippen molar-refractivity contribution in [1.82, 2.24) is 4.98 Å². The number of ketones is 1. The number of pyridine rings is 1. The number of nitro groups is 1. The number of nitrogens with zero attached hydrogens (tertiary/aromatic N) is 2. The minimum Gasteiger partial charge on any atom is -0.326 e. The van der Waals surface area contributed by atoms with Crippen molar-refractivity contribution < 1.29 is 14.5 Å². The number of amides is 1. The van der Waals surface area contributed by atoms with E-state index in [0.717, 1.165) is 0 Å². The summed E-state index contributed by atoms with van der Waals surface area (Å²) in [4.78, 5) is 37.3. The Hall–Kier alpha value is -3.09. The minimum atomic E-state index is -0.529. The van der Waals surface area contributed by atoms with Crippen LogP contribution in [0.25, 0.3) is 0 Å². The molecule has 106 valence electrons. The molecule has 0 saturated heterocycles. The van der Waals surface area contributed by atoms with Crippen LogP contribution in [0.1, 0.15) is 16.8 Å². The van der Waals surface area contributed by atoms with Gasteiger partial charge in [-0.15, -0.1) is 0 Å². The third kappa shape index (κ3) is 3.93. The molecule has 2 aromatic rings. The van der Waals surface area contributed by atoms with Crippen molar-refractivity contribution >= 4 is 23.1 Å². The van der Waals surface area contributed by atoms with Gasteiger partial charge < -0.3 is 5.32 Å². The maximum absolute atomic E-state index is 11.8. The van der Waals surface area contributed by atoms with Gasteiger partial charge in [0.25, 0.3) is 5.69 Å². The normalized spacial score (nSPS) is 9.90. The number of benzene rings is 1. The van der Waals surface area contributed by atoms with Crippen molar-refractivity contribution in [3.8, 4) is 0 Å². The second kappa shape index (κ2) is 6.38. The predicted octanol–water partition coefficient (Wildman–Crippen LogP) is 2.20. The van der Waals surface area contributed by atoms with Crippen LogP contribution in [-0.2, 0) is 4.79 Å². The maximum atomic E-state index is 11.8. The number of nitrogens with one attached hydrogen (secondary N) is 1. The molecule has 1 N–H and O–H groups in total. The largest absolute Gasteiger partial charge is 0.326 e. The number of rotatable bonds is 5. The minimum absolute atomic E-state index is 0.0686. The number of carbonyl (C=O) groups excluding carboxylic acids is 2. The van der Waals surface area contributed by atoms with Crippen LogP contribution in [0, 0.1) is 10.1 Å². The molecule has 0 unspecified atom stereocenters. The van der Waals surface area contributed by atoms with E-state index in [4.69, 9.17) is 0 Å². The van der Waals surface area contributed by atoms with E-state index in [1.807, 2.05) is 0 Å². The average Bonchev–Trinajstić information content (AvgIpc) is 2.48. The molecule has 21 heavy (non-hydrogen) atoms. The maximum Gasteiger partial charge on any atom is 0.269 e. The molecule has 1 aromatic carbocycles. The van der Waals surface area contributed by atoms with Gasteiger partial charge in [0.1, 0.15) is 0 Å². The highest BCUT2D eigenvalue weighted by Gasteiger charge is 2.12. The van der Waals surface area contributed by atoms with Gasteiger partial charge in [-0.2, -0.15) is 0 Å². The molecule has 0 aliphatic carbocycles. The van der Waals surface area contributed by atoms with Gasteiger partial charge in [-0.05, 0) is 24.3 Å². The first-order valence-electron chi connectivity index (χ1n) is 6.04. The molecule has 0 fully saturated rings.